The van der Waals surface area contributed by atoms with Crippen LogP contribution >= 0.6 is 12.2 Å². The Kier molecular flexibility index (Phi) is 4.68. The summed E-state index contributed by atoms with van der Waals surface area (Å²) in [6, 6.07) is 5.96. The van der Waals surface area contributed by atoms with E-state index >= 15 is 0 Å². The Morgan fingerprint density at radius 3 is 2.47 bits per heavy atom. The van der Waals surface area contributed by atoms with E-state index in [-0.39, 0.29) is 11.7 Å². The average molecular weight is 281 g/mol. The van der Waals surface area contributed by atoms with Crippen LogP contribution in [0.5, 0.6) is 0 Å². The molecule has 102 valence electrons. The lowest BCUT2D eigenvalue weighted by Crippen LogP contribution is -2.40. The molecule has 0 aromatic heterocycles. The molecule has 3 N–H and O–H groups in total. The molecule has 1 amide bonds. The van der Waals surface area contributed by atoms with Crippen LogP contribution in [-0.2, 0) is 0 Å². The summed E-state index contributed by atoms with van der Waals surface area (Å²) in [6.07, 6.45) is 2.34. The third-order valence-corrected chi connectivity index (χ3v) is 2.98. The van der Waals surface area contributed by atoms with Gasteiger partial charge in [0, 0.05) is 24.7 Å². The number of nitrogens with one attached hydrogen (secondary N) is 3. The van der Waals surface area contributed by atoms with Crippen LogP contribution in [0, 0.1) is 5.82 Å². The van der Waals surface area contributed by atoms with Crippen LogP contribution in [0.2, 0.25) is 0 Å². The van der Waals surface area contributed by atoms with Crippen LogP contribution in [0.15, 0.2) is 24.3 Å². The summed E-state index contributed by atoms with van der Waals surface area (Å²) in [4.78, 5) is 11.7. The molecule has 0 bridgehead atoms. The van der Waals surface area contributed by atoms with Crippen molar-refractivity contribution in [3.05, 3.63) is 35.6 Å². The summed E-state index contributed by atoms with van der Waals surface area (Å²) in [5, 5.41) is 9.52. The third-order valence-electron chi connectivity index (χ3n) is 2.72. The molecule has 1 saturated carbocycles. The van der Waals surface area contributed by atoms with Gasteiger partial charge in [-0.2, -0.15) is 0 Å². The monoisotopic (exact) mass is 281 g/mol. The SMILES string of the molecule is O=C(NCCNC(=S)NC1CC1)c1ccc(F)cc1. The van der Waals surface area contributed by atoms with E-state index in [2.05, 4.69) is 16.0 Å². The molecule has 0 aliphatic heterocycles. The summed E-state index contributed by atoms with van der Waals surface area (Å²) < 4.78 is 12.7. The van der Waals surface area contributed by atoms with E-state index in [1.165, 1.54) is 37.1 Å². The molecule has 2 rings (SSSR count). The van der Waals surface area contributed by atoms with Crippen LogP contribution in [0.3, 0.4) is 0 Å². The molecule has 1 fully saturated rings. The van der Waals surface area contributed by atoms with Crippen molar-refractivity contribution in [2.45, 2.75) is 18.9 Å². The lowest BCUT2D eigenvalue weighted by atomic mass is 10.2. The van der Waals surface area contributed by atoms with Gasteiger partial charge < -0.3 is 16.0 Å². The summed E-state index contributed by atoms with van der Waals surface area (Å²) in [5.74, 6) is -0.572. The minimum Gasteiger partial charge on any atom is -0.361 e. The van der Waals surface area contributed by atoms with Crippen LogP contribution in [0.25, 0.3) is 0 Å². The predicted molar refractivity (Wildman–Crippen MR) is 75.5 cm³/mol. The maximum Gasteiger partial charge on any atom is 0.251 e. The summed E-state index contributed by atoms with van der Waals surface area (Å²) >= 11 is 5.08. The number of hydrogen-bond acceptors (Lipinski definition) is 2. The molecule has 6 heteroatoms. The lowest BCUT2D eigenvalue weighted by Gasteiger charge is -2.10. The van der Waals surface area contributed by atoms with Crippen LogP contribution in [0.1, 0.15) is 23.2 Å². The normalized spacial score (nSPS) is 13.7. The number of halogens is 1. The topological polar surface area (TPSA) is 53.2 Å². The third kappa shape index (κ3) is 4.82. The van der Waals surface area contributed by atoms with Gasteiger partial charge in [-0.05, 0) is 49.3 Å². The molecule has 4 nitrogen and oxygen atoms in total. The van der Waals surface area contributed by atoms with Gasteiger partial charge in [-0.15, -0.1) is 0 Å². The molecular weight excluding hydrogens is 265 g/mol. The summed E-state index contributed by atoms with van der Waals surface area (Å²) in [5.41, 5.74) is 0.445. The van der Waals surface area contributed by atoms with E-state index < -0.39 is 0 Å². The largest absolute Gasteiger partial charge is 0.361 e. The van der Waals surface area contributed by atoms with Crippen molar-refractivity contribution >= 4 is 23.2 Å². The van der Waals surface area contributed by atoms with Gasteiger partial charge in [0.05, 0.1) is 0 Å². The first kappa shape index (κ1) is 13.7. The van der Waals surface area contributed by atoms with Crippen molar-refractivity contribution < 1.29 is 9.18 Å². The minimum absolute atomic E-state index is 0.220. The van der Waals surface area contributed by atoms with E-state index in [0.29, 0.717) is 29.8 Å². The molecule has 0 saturated heterocycles. The Morgan fingerprint density at radius 2 is 1.84 bits per heavy atom. The first-order valence-corrected chi connectivity index (χ1v) is 6.64. The van der Waals surface area contributed by atoms with E-state index in [9.17, 15) is 9.18 Å². The van der Waals surface area contributed by atoms with Crippen LogP contribution in [0.4, 0.5) is 4.39 Å². The van der Waals surface area contributed by atoms with Crippen molar-refractivity contribution in [3.63, 3.8) is 0 Å². The van der Waals surface area contributed by atoms with Crippen molar-refractivity contribution in [2.24, 2.45) is 0 Å². The smallest absolute Gasteiger partial charge is 0.251 e. The molecule has 0 unspecified atom stereocenters. The highest BCUT2D eigenvalue weighted by atomic mass is 32.1. The van der Waals surface area contributed by atoms with Crippen molar-refractivity contribution in [1.82, 2.24) is 16.0 Å². The quantitative estimate of drug-likeness (QED) is 0.560. The fraction of sp³-hybridized carbons (Fsp3) is 0.385. The number of rotatable bonds is 5. The van der Waals surface area contributed by atoms with E-state index in [0.717, 1.165) is 0 Å². The Hall–Kier alpha value is -1.69. The molecule has 1 aromatic carbocycles. The Labute approximate surface area is 116 Å². The Morgan fingerprint density at radius 1 is 1.21 bits per heavy atom. The number of amides is 1. The first-order chi connectivity index (χ1) is 9.15. The average Bonchev–Trinajstić information content (AvgIpc) is 3.19. The van der Waals surface area contributed by atoms with E-state index in [1.807, 2.05) is 0 Å². The van der Waals surface area contributed by atoms with Gasteiger partial charge in [0.15, 0.2) is 5.11 Å². The summed E-state index contributed by atoms with van der Waals surface area (Å²) in [6.45, 7) is 1.02. The van der Waals surface area contributed by atoms with E-state index in [1.54, 1.807) is 0 Å². The molecule has 1 aromatic rings. The second-order valence-corrected chi connectivity index (χ2v) is 4.85. The number of benzene rings is 1. The van der Waals surface area contributed by atoms with Crippen molar-refractivity contribution in [2.75, 3.05) is 13.1 Å². The van der Waals surface area contributed by atoms with Gasteiger partial charge in [-0.3, -0.25) is 4.79 Å². The van der Waals surface area contributed by atoms with Gasteiger partial charge >= 0.3 is 0 Å². The minimum atomic E-state index is -0.352. The number of hydrogen-bond donors (Lipinski definition) is 3. The zero-order valence-electron chi connectivity index (χ0n) is 10.4. The van der Waals surface area contributed by atoms with Crippen molar-refractivity contribution in [3.8, 4) is 0 Å². The van der Waals surface area contributed by atoms with Gasteiger partial charge in [0.1, 0.15) is 5.82 Å². The second-order valence-electron chi connectivity index (χ2n) is 4.44. The Balaban J connectivity index is 1.63. The summed E-state index contributed by atoms with van der Waals surface area (Å²) in [7, 11) is 0. The molecule has 1 aliphatic rings. The number of thiocarbonyl (C=S) groups is 1. The number of carbonyl (C=O) groups is 1. The molecule has 1 aliphatic carbocycles. The van der Waals surface area contributed by atoms with Gasteiger partial charge in [0.25, 0.3) is 5.91 Å². The highest BCUT2D eigenvalue weighted by molar-refractivity contribution is 7.80. The van der Waals surface area contributed by atoms with Gasteiger partial charge in [-0.1, -0.05) is 0 Å². The molecule has 0 spiro atoms. The van der Waals surface area contributed by atoms with Gasteiger partial charge in [0.2, 0.25) is 0 Å². The maximum atomic E-state index is 12.7. The van der Waals surface area contributed by atoms with Gasteiger partial charge in [-0.25, -0.2) is 4.39 Å². The van der Waals surface area contributed by atoms with E-state index in [4.69, 9.17) is 12.2 Å². The van der Waals surface area contributed by atoms with Crippen molar-refractivity contribution in [1.29, 1.82) is 0 Å². The zero-order chi connectivity index (χ0) is 13.7. The molecule has 19 heavy (non-hydrogen) atoms. The molecular formula is C13H16FN3OS. The predicted octanol–water partition coefficient (Wildman–Crippen LogP) is 1.18. The lowest BCUT2D eigenvalue weighted by molar-refractivity contribution is 0.0954. The fourth-order valence-electron chi connectivity index (χ4n) is 1.52. The first-order valence-electron chi connectivity index (χ1n) is 6.23. The number of carbonyl (C=O) groups excluding carboxylic acids is 1. The van der Waals surface area contributed by atoms with Crippen LogP contribution < -0.4 is 16.0 Å². The fourth-order valence-corrected chi connectivity index (χ4v) is 1.79. The Bertz CT molecular complexity index is 459. The molecule has 0 atom stereocenters. The molecule has 0 heterocycles. The maximum absolute atomic E-state index is 12.7. The highest BCUT2D eigenvalue weighted by Crippen LogP contribution is 2.18. The van der Waals surface area contributed by atoms with Crippen LogP contribution in [-0.4, -0.2) is 30.2 Å². The zero-order valence-corrected chi connectivity index (χ0v) is 11.2. The highest BCUT2D eigenvalue weighted by Gasteiger charge is 2.21. The standard InChI is InChI=1S/C13H16FN3OS/c14-10-3-1-9(2-4-10)12(18)15-7-8-16-13(19)17-11-5-6-11/h1-4,11H,5-8H2,(H,15,18)(H2,16,17,19). The molecule has 0 radical (unpaired) electrons. The second kappa shape index (κ2) is 6.47.